The number of nitrogens with zero attached hydrogens (tertiary/aromatic N) is 2. The second kappa shape index (κ2) is 9.52. The lowest BCUT2D eigenvalue weighted by Crippen LogP contribution is -2.15. The summed E-state index contributed by atoms with van der Waals surface area (Å²) in [7, 11) is 0. The van der Waals surface area contributed by atoms with Crippen LogP contribution in [0.5, 0.6) is 0 Å². The van der Waals surface area contributed by atoms with Gasteiger partial charge < -0.3 is 10.1 Å². The Morgan fingerprint density at radius 1 is 1.06 bits per heavy atom. The van der Waals surface area contributed by atoms with E-state index < -0.39 is 5.97 Å². The molecule has 2 heterocycles. The largest absolute Gasteiger partial charge is 0.459 e. The molecule has 9 heteroatoms. The van der Waals surface area contributed by atoms with Crippen LogP contribution >= 0.6 is 11.3 Å². The fourth-order valence-corrected chi connectivity index (χ4v) is 3.97. The smallest absolute Gasteiger partial charge is 0.312 e. The molecule has 2 aromatic carbocycles. The highest BCUT2D eigenvalue weighted by atomic mass is 32.1. The van der Waals surface area contributed by atoms with Crippen LogP contribution in [0.15, 0.2) is 58.7 Å². The molecular weight excluding hydrogens is 428 g/mol. The molecule has 2 N–H and O–H groups in total. The highest BCUT2D eigenvalue weighted by Gasteiger charge is 2.14. The van der Waals surface area contributed by atoms with Crippen molar-refractivity contribution < 1.29 is 14.3 Å². The predicted octanol–water partition coefficient (Wildman–Crippen LogP) is 3.16. The molecule has 0 saturated carbocycles. The van der Waals surface area contributed by atoms with Gasteiger partial charge in [-0.25, -0.2) is 10.1 Å². The third-order valence-corrected chi connectivity index (χ3v) is 5.70. The number of rotatable bonds is 7. The van der Waals surface area contributed by atoms with Crippen LogP contribution in [0.4, 0.5) is 5.69 Å². The van der Waals surface area contributed by atoms with Crippen molar-refractivity contribution in [2.45, 2.75) is 26.4 Å². The van der Waals surface area contributed by atoms with E-state index >= 15 is 0 Å². The number of anilines is 1. The maximum absolute atomic E-state index is 12.3. The van der Waals surface area contributed by atoms with Crippen molar-refractivity contribution in [3.8, 4) is 0 Å². The van der Waals surface area contributed by atoms with Crippen LogP contribution in [0.3, 0.4) is 0 Å². The number of benzene rings is 2. The lowest BCUT2D eigenvalue weighted by atomic mass is 10.1. The minimum Gasteiger partial charge on any atom is -0.459 e. The van der Waals surface area contributed by atoms with Gasteiger partial charge in [-0.15, -0.1) is 11.3 Å². The number of carbonyl (C=O) groups is 2. The summed E-state index contributed by atoms with van der Waals surface area (Å²) < 4.78 is 5.31. The molecule has 0 atom stereocenters. The molecule has 0 aliphatic carbocycles. The van der Waals surface area contributed by atoms with Crippen LogP contribution in [-0.4, -0.2) is 27.1 Å². The van der Waals surface area contributed by atoms with Crippen molar-refractivity contribution in [3.63, 3.8) is 0 Å². The summed E-state index contributed by atoms with van der Waals surface area (Å²) in [4.78, 5) is 40.8. The summed E-state index contributed by atoms with van der Waals surface area (Å²) >= 11 is 1.34. The van der Waals surface area contributed by atoms with E-state index in [4.69, 9.17) is 4.74 Å². The molecule has 0 spiro atoms. The number of thiazole rings is 1. The molecule has 4 aromatic rings. The Labute approximate surface area is 187 Å². The van der Waals surface area contributed by atoms with E-state index in [-0.39, 0.29) is 30.9 Å². The van der Waals surface area contributed by atoms with Gasteiger partial charge in [0.15, 0.2) is 0 Å². The quantitative estimate of drug-likeness (QED) is 0.420. The number of para-hydroxylation sites is 1. The SMILES string of the molecule is Cc1ccccc1NC(=O)Cc1nc(COC(=O)Cc2n[nH]c(=O)c3ccccc23)cs1. The normalized spacial score (nSPS) is 10.8. The van der Waals surface area contributed by atoms with E-state index in [2.05, 4.69) is 20.5 Å². The van der Waals surface area contributed by atoms with Crippen molar-refractivity contribution in [2.75, 3.05) is 5.32 Å². The lowest BCUT2D eigenvalue weighted by Gasteiger charge is -2.07. The summed E-state index contributed by atoms with van der Waals surface area (Å²) in [6.45, 7) is 1.92. The number of aromatic nitrogens is 3. The van der Waals surface area contributed by atoms with Gasteiger partial charge in [-0.1, -0.05) is 36.4 Å². The van der Waals surface area contributed by atoms with Gasteiger partial charge >= 0.3 is 5.97 Å². The average molecular weight is 449 g/mol. The molecule has 0 fully saturated rings. The molecule has 0 saturated heterocycles. The van der Waals surface area contributed by atoms with E-state index in [9.17, 15) is 14.4 Å². The van der Waals surface area contributed by atoms with E-state index in [1.165, 1.54) is 11.3 Å². The molecule has 4 rings (SSSR count). The van der Waals surface area contributed by atoms with Crippen LogP contribution < -0.4 is 10.9 Å². The lowest BCUT2D eigenvalue weighted by molar-refractivity contribution is -0.144. The van der Waals surface area contributed by atoms with Crippen molar-refractivity contribution in [1.29, 1.82) is 0 Å². The van der Waals surface area contributed by atoms with Crippen LogP contribution in [0.2, 0.25) is 0 Å². The summed E-state index contributed by atoms with van der Waals surface area (Å²) in [6, 6.07) is 14.5. The maximum atomic E-state index is 12.3. The summed E-state index contributed by atoms with van der Waals surface area (Å²) in [5.41, 5.74) is 2.46. The Morgan fingerprint density at radius 2 is 1.81 bits per heavy atom. The molecule has 0 aliphatic heterocycles. The molecular formula is C23H20N4O4S. The van der Waals surface area contributed by atoms with E-state index in [1.807, 2.05) is 31.2 Å². The Hall–Kier alpha value is -3.85. The zero-order valence-electron chi connectivity index (χ0n) is 17.3. The van der Waals surface area contributed by atoms with Crippen LogP contribution in [-0.2, 0) is 33.8 Å². The van der Waals surface area contributed by atoms with Gasteiger partial charge in [0.05, 0.1) is 29.6 Å². The summed E-state index contributed by atoms with van der Waals surface area (Å²) in [6.07, 6.45) is 0.0629. The van der Waals surface area contributed by atoms with Crippen LogP contribution in [0, 0.1) is 6.92 Å². The van der Waals surface area contributed by atoms with E-state index in [1.54, 1.807) is 29.6 Å². The van der Waals surface area contributed by atoms with E-state index in [0.29, 0.717) is 27.2 Å². The minimum atomic E-state index is -0.485. The molecule has 0 radical (unpaired) electrons. The second-order valence-corrected chi connectivity index (χ2v) is 8.10. The third kappa shape index (κ3) is 5.06. The predicted molar refractivity (Wildman–Crippen MR) is 121 cm³/mol. The molecule has 8 nitrogen and oxygen atoms in total. The molecule has 32 heavy (non-hydrogen) atoms. The molecule has 1 amide bonds. The first-order valence-electron chi connectivity index (χ1n) is 9.90. The van der Waals surface area contributed by atoms with E-state index in [0.717, 1.165) is 11.3 Å². The molecule has 0 bridgehead atoms. The Morgan fingerprint density at radius 3 is 2.62 bits per heavy atom. The first kappa shape index (κ1) is 21.4. The molecule has 0 aliphatic rings. The van der Waals surface area contributed by atoms with Crippen LogP contribution in [0.25, 0.3) is 10.8 Å². The summed E-state index contributed by atoms with van der Waals surface area (Å²) in [5, 5.41) is 12.7. The molecule has 2 aromatic heterocycles. The molecule has 162 valence electrons. The van der Waals surface area contributed by atoms with Gasteiger partial charge in [0.2, 0.25) is 5.91 Å². The highest BCUT2D eigenvalue weighted by Crippen LogP contribution is 2.17. The van der Waals surface area contributed by atoms with Crippen molar-refractivity contribution in [3.05, 3.63) is 86.2 Å². The number of aromatic amines is 1. The van der Waals surface area contributed by atoms with Crippen LogP contribution in [0.1, 0.15) is 22.0 Å². The number of hydrogen-bond donors (Lipinski definition) is 2. The Bertz CT molecular complexity index is 1350. The number of carbonyl (C=O) groups excluding carboxylic acids is 2. The standard InChI is InChI=1S/C23H20N4O4S/c1-14-6-2-5-9-18(14)25-20(28)11-21-24-15(13-32-21)12-31-22(29)10-19-16-7-3-4-8-17(16)23(30)27-26-19/h2-9,13H,10-12H2,1H3,(H,25,28)(H,27,30). The number of nitrogens with one attached hydrogen (secondary N) is 2. The zero-order valence-corrected chi connectivity index (χ0v) is 18.1. The number of ether oxygens (including phenoxy) is 1. The number of H-pyrrole nitrogens is 1. The van der Waals surface area contributed by atoms with Gasteiger partial charge in [-0.3, -0.25) is 14.4 Å². The third-order valence-electron chi connectivity index (χ3n) is 4.80. The van der Waals surface area contributed by atoms with Gasteiger partial charge in [-0.2, -0.15) is 5.10 Å². The monoisotopic (exact) mass is 448 g/mol. The summed E-state index contributed by atoms with van der Waals surface area (Å²) in [5.74, 6) is -0.644. The first-order chi connectivity index (χ1) is 15.5. The molecule has 0 unspecified atom stereocenters. The van der Waals surface area contributed by atoms with Crippen molar-refractivity contribution in [2.24, 2.45) is 0 Å². The number of fused-ring (bicyclic) bond motifs is 1. The first-order valence-corrected chi connectivity index (χ1v) is 10.8. The fraction of sp³-hybridized carbons (Fsp3) is 0.174. The second-order valence-electron chi connectivity index (χ2n) is 7.15. The van der Waals surface area contributed by atoms with Gasteiger partial charge in [0, 0.05) is 16.5 Å². The number of esters is 1. The average Bonchev–Trinajstić information content (AvgIpc) is 3.23. The number of hydrogen-bond acceptors (Lipinski definition) is 7. The number of amides is 1. The Balaban J connectivity index is 1.32. The Kier molecular flexibility index (Phi) is 6.37. The maximum Gasteiger partial charge on any atom is 0.312 e. The topological polar surface area (TPSA) is 114 Å². The zero-order chi connectivity index (χ0) is 22.5. The van der Waals surface area contributed by atoms with Crippen molar-refractivity contribution in [1.82, 2.24) is 15.2 Å². The van der Waals surface area contributed by atoms with Gasteiger partial charge in [0.25, 0.3) is 5.56 Å². The van der Waals surface area contributed by atoms with Gasteiger partial charge in [0.1, 0.15) is 11.6 Å². The highest BCUT2D eigenvalue weighted by molar-refractivity contribution is 7.09. The fourth-order valence-electron chi connectivity index (χ4n) is 3.19. The number of aryl methyl sites for hydroxylation is 1. The van der Waals surface area contributed by atoms with Gasteiger partial charge in [-0.05, 0) is 24.6 Å². The minimum absolute atomic E-state index is 0.00394. The van der Waals surface area contributed by atoms with Crippen molar-refractivity contribution >= 4 is 39.7 Å².